The maximum atomic E-state index is 12.7. The average Bonchev–Trinajstić information content (AvgIpc) is 2.83. The summed E-state index contributed by atoms with van der Waals surface area (Å²) in [6.07, 6.45) is 2.71. The summed E-state index contributed by atoms with van der Waals surface area (Å²) in [4.78, 5) is 1.20. The molecule has 1 saturated heterocycles. The van der Waals surface area contributed by atoms with E-state index in [-0.39, 0.29) is 5.41 Å². The Morgan fingerprint density at radius 1 is 1.42 bits per heavy atom. The largest absolute Gasteiger partial charge is 0.330 e. The first-order chi connectivity index (χ1) is 8.93. The molecular formula is C13H20N2O2S2. The van der Waals surface area contributed by atoms with Crippen molar-refractivity contribution in [2.75, 3.05) is 25.9 Å². The van der Waals surface area contributed by atoms with Crippen LogP contribution in [0.2, 0.25) is 0 Å². The van der Waals surface area contributed by atoms with Gasteiger partial charge < -0.3 is 5.73 Å². The normalized spacial score (nSPS) is 24.8. The molecule has 0 radical (unpaired) electrons. The number of hydrogen-bond acceptors (Lipinski definition) is 4. The molecule has 1 aromatic carbocycles. The van der Waals surface area contributed by atoms with E-state index in [1.165, 1.54) is 11.8 Å². The number of rotatable bonds is 4. The second-order valence-corrected chi connectivity index (χ2v) is 8.01. The highest BCUT2D eigenvalue weighted by Crippen LogP contribution is 2.34. The Hall–Kier alpha value is -0.560. The van der Waals surface area contributed by atoms with E-state index in [2.05, 4.69) is 0 Å². The van der Waals surface area contributed by atoms with Gasteiger partial charge in [-0.2, -0.15) is 4.31 Å². The molecule has 19 heavy (non-hydrogen) atoms. The zero-order chi connectivity index (χ0) is 14.1. The topological polar surface area (TPSA) is 63.4 Å². The predicted molar refractivity (Wildman–Crippen MR) is 78.8 cm³/mol. The molecule has 0 amide bonds. The van der Waals surface area contributed by atoms with Gasteiger partial charge in [-0.15, -0.1) is 11.8 Å². The fourth-order valence-electron chi connectivity index (χ4n) is 2.32. The van der Waals surface area contributed by atoms with Crippen LogP contribution >= 0.6 is 11.8 Å². The van der Waals surface area contributed by atoms with Crippen molar-refractivity contribution in [3.8, 4) is 0 Å². The van der Waals surface area contributed by atoms with Crippen LogP contribution in [0.15, 0.2) is 34.1 Å². The van der Waals surface area contributed by atoms with Crippen molar-refractivity contribution in [2.45, 2.75) is 23.1 Å². The quantitative estimate of drug-likeness (QED) is 0.861. The van der Waals surface area contributed by atoms with Crippen LogP contribution in [0.3, 0.4) is 0 Å². The molecule has 106 valence electrons. The molecule has 6 heteroatoms. The molecule has 1 unspecified atom stereocenters. The first kappa shape index (κ1) is 14.8. The Morgan fingerprint density at radius 2 is 2.11 bits per heavy atom. The van der Waals surface area contributed by atoms with Gasteiger partial charge in [0, 0.05) is 18.0 Å². The van der Waals surface area contributed by atoms with Crippen LogP contribution in [0.1, 0.15) is 13.3 Å². The fraction of sp³-hybridized carbons (Fsp3) is 0.538. The summed E-state index contributed by atoms with van der Waals surface area (Å²) >= 11 is 1.46. The van der Waals surface area contributed by atoms with Gasteiger partial charge >= 0.3 is 0 Å². The Kier molecular flexibility index (Phi) is 4.25. The third kappa shape index (κ3) is 2.81. The molecule has 0 aromatic heterocycles. The maximum Gasteiger partial charge on any atom is 0.244 e. The summed E-state index contributed by atoms with van der Waals surface area (Å²) in [6.45, 7) is 3.62. The second kappa shape index (κ2) is 5.44. The van der Waals surface area contributed by atoms with E-state index in [9.17, 15) is 8.42 Å². The van der Waals surface area contributed by atoms with Crippen LogP contribution in [0.5, 0.6) is 0 Å². The lowest BCUT2D eigenvalue weighted by atomic mass is 9.90. The molecule has 2 rings (SSSR count). The minimum atomic E-state index is -3.41. The van der Waals surface area contributed by atoms with E-state index in [1.54, 1.807) is 16.4 Å². The van der Waals surface area contributed by atoms with Gasteiger partial charge in [0.05, 0.1) is 4.90 Å². The SMILES string of the molecule is CSc1ccccc1S(=O)(=O)N1CCC(C)(CN)C1. The highest BCUT2D eigenvalue weighted by atomic mass is 32.2. The van der Waals surface area contributed by atoms with Gasteiger partial charge in [0.2, 0.25) is 10.0 Å². The van der Waals surface area contributed by atoms with Crippen LogP contribution in [0.4, 0.5) is 0 Å². The zero-order valence-corrected chi connectivity index (χ0v) is 12.9. The van der Waals surface area contributed by atoms with Gasteiger partial charge in [0.15, 0.2) is 0 Å². The van der Waals surface area contributed by atoms with E-state index < -0.39 is 10.0 Å². The van der Waals surface area contributed by atoms with Gasteiger partial charge in [-0.25, -0.2) is 8.42 Å². The van der Waals surface area contributed by atoms with Crippen LogP contribution < -0.4 is 5.73 Å². The van der Waals surface area contributed by atoms with Crippen LogP contribution in [-0.4, -0.2) is 38.6 Å². The molecule has 1 aromatic rings. The standard InChI is InChI=1S/C13H20N2O2S2/c1-13(9-14)7-8-15(10-13)19(16,17)12-6-4-3-5-11(12)18-2/h3-6H,7-10,14H2,1-2H3. The van der Waals surface area contributed by atoms with Crippen LogP contribution in [-0.2, 0) is 10.0 Å². The summed E-state index contributed by atoms with van der Waals surface area (Å²) in [5, 5.41) is 0. The fourth-order valence-corrected chi connectivity index (χ4v) is 5.04. The predicted octanol–water partition coefficient (Wildman–Crippen LogP) is 1.77. The molecule has 0 bridgehead atoms. The van der Waals surface area contributed by atoms with E-state index >= 15 is 0 Å². The van der Waals surface area contributed by atoms with Crippen molar-refractivity contribution in [3.05, 3.63) is 24.3 Å². The van der Waals surface area contributed by atoms with Gasteiger partial charge in [-0.05, 0) is 36.8 Å². The Bertz CT molecular complexity index is 560. The van der Waals surface area contributed by atoms with Crippen molar-refractivity contribution >= 4 is 21.8 Å². The van der Waals surface area contributed by atoms with Gasteiger partial charge in [0.1, 0.15) is 0 Å². The highest BCUT2D eigenvalue weighted by Gasteiger charge is 2.39. The third-order valence-corrected chi connectivity index (χ3v) is 6.53. The number of hydrogen-bond donors (Lipinski definition) is 1. The first-order valence-electron chi connectivity index (χ1n) is 6.26. The lowest BCUT2D eigenvalue weighted by molar-refractivity contribution is 0.349. The number of benzene rings is 1. The maximum absolute atomic E-state index is 12.7. The summed E-state index contributed by atoms with van der Waals surface area (Å²) in [7, 11) is -3.41. The van der Waals surface area contributed by atoms with Crippen LogP contribution in [0.25, 0.3) is 0 Å². The number of thioether (sulfide) groups is 1. The number of nitrogens with two attached hydrogens (primary N) is 1. The summed E-state index contributed by atoms with van der Waals surface area (Å²) < 4.78 is 26.9. The molecule has 4 nitrogen and oxygen atoms in total. The molecule has 0 saturated carbocycles. The second-order valence-electron chi connectivity index (χ2n) is 5.25. The van der Waals surface area contributed by atoms with E-state index in [0.29, 0.717) is 24.5 Å². The summed E-state index contributed by atoms with van der Waals surface area (Å²) in [5.41, 5.74) is 5.65. The molecule has 1 aliphatic heterocycles. The molecular weight excluding hydrogens is 280 g/mol. The van der Waals surface area contributed by atoms with Crippen LogP contribution in [0, 0.1) is 5.41 Å². The van der Waals surface area contributed by atoms with Gasteiger partial charge in [-0.3, -0.25) is 0 Å². The smallest absolute Gasteiger partial charge is 0.244 e. The Balaban J connectivity index is 2.34. The van der Waals surface area contributed by atoms with Crippen molar-refractivity contribution in [1.82, 2.24) is 4.31 Å². The minimum absolute atomic E-state index is 0.0959. The van der Waals surface area contributed by atoms with Gasteiger partial charge in [0.25, 0.3) is 0 Å². The molecule has 1 atom stereocenters. The summed E-state index contributed by atoms with van der Waals surface area (Å²) in [6, 6.07) is 7.15. The van der Waals surface area contributed by atoms with E-state index in [0.717, 1.165) is 11.3 Å². The lowest BCUT2D eigenvalue weighted by Gasteiger charge is -2.23. The molecule has 0 spiro atoms. The minimum Gasteiger partial charge on any atom is -0.330 e. The van der Waals surface area contributed by atoms with E-state index in [1.807, 2.05) is 25.3 Å². The molecule has 1 aliphatic rings. The first-order valence-corrected chi connectivity index (χ1v) is 8.93. The molecule has 0 aliphatic carbocycles. The third-order valence-electron chi connectivity index (χ3n) is 3.70. The van der Waals surface area contributed by atoms with Crippen molar-refractivity contribution in [3.63, 3.8) is 0 Å². The Labute approximate surface area is 119 Å². The monoisotopic (exact) mass is 300 g/mol. The number of nitrogens with zero attached hydrogens (tertiary/aromatic N) is 1. The average molecular weight is 300 g/mol. The number of sulfonamides is 1. The van der Waals surface area contributed by atoms with Gasteiger partial charge in [-0.1, -0.05) is 19.1 Å². The van der Waals surface area contributed by atoms with Crippen molar-refractivity contribution in [1.29, 1.82) is 0 Å². The lowest BCUT2D eigenvalue weighted by Crippen LogP contribution is -2.34. The van der Waals surface area contributed by atoms with E-state index in [4.69, 9.17) is 5.73 Å². The molecule has 2 N–H and O–H groups in total. The summed E-state index contributed by atoms with van der Waals surface area (Å²) in [5.74, 6) is 0. The van der Waals surface area contributed by atoms with Crippen molar-refractivity contribution < 1.29 is 8.42 Å². The molecule has 1 fully saturated rings. The zero-order valence-electron chi connectivity index (χ0n) is 11.3. The molecule has 1 heterocycles. The van der Waals surface area contributed by atoms with Crippen molar-refractivity contribution in [2.24, 2.45) is 11.1 Å². The highest BCUT2D eigenvalue weighted by molar-refractivity contribution is 7.99. The Morgan fingerprint density at radius 3 is 2.68 bits per heavy atom.